The summed E-state index contributed by atoms with van der Waals surface area (Å²) < 4.78 is 0. The van der Waals surface area contributed by atoms with Gasteiger partial charge in [0, 0.05) is 11.4 Å². The molecule has 2 heterocycles. The van der Waals surface area contributed by atoms with Crippen molar-refractivity contribution in [1.82, 2.24) is 10.2 Å². The maximum Gasteiger partial charge on any atom is 0.252 e. The van der Waals surface area contributed by atoms with Crippen LogP contribution in [0, 0.1) is 5.92 Å². The Balaban J connectivity index is 1.68. The van der Waals surface area contributed by atoms with E-state index >= 15 is 0 Å². The molecule has 3 nitrogen and oxygen atoms in total. The second-order valence-corrected chi connectivity index (χ2v) is 7.83. The minimum atomic E-state index is -0.104. The van der Waals surface area contributed by atoms with Gasteiger partial charge in [0.05, 0.1) is 16.6 Å². The molecule has 1 saturated heterocycles. The van der Waals surface area contributed by atoms with E-state index in [1.165, 1.54) is 17.7 Å². The molecule has 0 bridgehead atoms. The minimum absolute atomic E-state index is 0.104. The molecule has 1 aliphatic rings. The Morgan fingerprint density at radius 3 is 2.71 bits per heavy atom. The molecule has 1 aromatic heterocycles. The van der Waals surface area contributed by atoms with Crippen LogP contribution in [0.3, 0.4) is 0 Å². The Morgan fingerprint density at radius 1 is 1.29 bits per heavy atom. The summed E-state index contributed by atoms with van der Waals surface area (Å²) in [6.07, 6.45) is 2.45. The van der Waals surface area contributed by atoms with Crippen LogP contribution >= 0.6 is 22.9 Å². The highest BCUT2D eigenvalue weighted by Gasteiger charge is 2.26. The van der Waals surface area contributed by atoms with Gasteiger partial charge in [-0.2, -0.15) is 0 Å². The molecule has 0 aliphatic carbocycles. The fourth-order valence-corrected chi connectivity index (χ4v) is 4.24. The lowest BCUT2D eigenvalue weighted by Gasteiger charge is -2.36. The molecular weight excluding hydrogens is 340 g/mol. The molecule has 2 aromatic rings. The van der Waals surface area contributed by atoms with Crippen LogP contribution in [0.1, 0.15) is 41.0 Å². The summed E-state index contributed by atoms with van der Waals surface area (Å²) in [4.78, 5) is 16.3. The monoisotopic (exact) mass is 362 g/mol. The Kier molecular flexibility index (Phi) is 5.93. The van der Waals surface area contributed by atoms with Crippen molar-refractivity contribution < 1.29 is 4.79 Å². The topological polar surface area (TPSA) is 32.3 Å². The van der Waals surface area contributed by atoms with E-state index in [1.807, 2.05) is 12.1 Å². The molecule has 1 fully saturated rings. The summed E-state index contributed by atoms with van der Waals surface area (Å²) in [5.74, 6) is 0.690. The van der Waals surface area contributed by atoms with E-state index in [2.05, 4.69) is 34.7 Å². The van der Waals surface area contributed by atoms with E-state index in [0.717, 1.165) is 19.0 Å². The summed E-state index contributed by atoms with van der Waals surface area (Å²) in [6, 6.07) is 11.7. The van der Waals surface area contributed by atoms with Gasteiger partial charge >= 0.3 is 0 Å². The molecule has 0 saturated carbocycles. The van der Waals surface area contributed by atoms with Gasteiger partial charge in [0.25, 0.3) is 5.91 Å². The normalized spacial score (nSPS) is 17.6. The number of thiophene rings is 1. The van der Waals surface area contributed by atoms with Crippen LogP contribution in [0.4, 0.5) is 0 Å². The van der Waals surface area contributed by atoms with E-state index in [9.17, 15) is 4.79 Å². The van der Waals surface area contributed by atoms with Crippen LogP contribution < -0.4 is 5.32 Å². The first-order chi connectivity index (χ1) is 11.6. The number of nitrogens with zero attached hydrogens (tertiary/aromatic N) is 1. The number of carbonyl (C=O) groups excluding carboxylic acids is 1. The third-order valence-corrected chi connectivity index (χ3v) is 6.01. The smallest absolute Gasteiger partial charge is 0.252 e. The Labute approximate surface area is 152 Å². The largest absolute Gasteiger partial charge is 0.350 e. The summed E-state index contributed by atoms with van der Waals surface area (Å²) in [7, 11) is 0. The predicted octanol–water partition coefficient (Wildman–Crippen LogP) is 4.60. The number of amides is 1. The molecule has 1 unspecified atom stereocenters. The van der Waals surface area contributed by atoms with Crippen LogP contribution in [0.2, 0.25) is 5.02 Å². The average Bonchev–Trinajstić information content (AvgIpc) is 3.11. The molecule has 1 aliphatic heterocycles. The Morgan fingerprint density at radius 2 is 2.04 bits per heavy atom. The van der Waals surface area contributed by atoms with Gasteiger partial charge in [-0.05, 0) is 55.4 Å². The van der Waals surface area contributed by atoms with Gasteiger partial charge < -0.3 is 5.32 Å². The lowest BCUT2D eigenvalue weighted by molar-refractivity contribution is 0.0915. The van der Waals surface area contributed by atoms with E-state index in [1.54, 1.807) is 23.5 Å². The minimum Gasteiger partial charge on any atom is -0.350 e. The molecule has 0 radical (unpaired) electrons. The highest BCUT2D eigenvalue weighted by molar-refractivity contribution is 7.10. The maximum absolute atomic E-state index is 12.5. The molecule has 1 N–H and O–H groups in total. The first-order valence-electron chi connectivity index (χ1n) is 8.45. The molecule has 1 amide bonds. The quantitative estimate of drug-likeness (QED) is 0.842. The van der Waals surface area contributed by atoms with Crippen molar-refractivity contribution in [3.05, 3.63) is 57.2 Å². The van der Waals surface area contributed by atoms with Gasteiger partial charge in [0.2, 0.25) is 0 Å². The summed E-state index contributed by atoms with van der Waals surface area (Å²) in [5, 5.41) is 5.68. The van der Waals surface area contributed by atoms with Gasteiger partial charge in [-0.15, -0.1) is 11.3 Å². The highest BCUT2D eigenvalue weighted by Crippen LogP contribution is 2.29. The van der Waals surface area contributed by atoms with Crippen LogP contribution in [-0.4, -0.2) is 30.4 Å². The molecule has 24 heavy (non-hydrogen) atoms. The maximum atomic E-state index is 12.5. The number of rotatable bonds is 5. The highest BCUT2D eigenvalue weighted by atomic mass is 35.5. The van der Waals surface area contributed by atoms with Crippen LogP contribution in [0.25, 0.3) is 0 Å². The number of likely N-dealkylation sites (tertiary alicyclic amines) is 1. The molecular formula is C19H23ClN2OS. The van der Waals surface area contributed by atoms with E-state index in [4.69, 9.17) is 11.6 Å². The lowest BCUT2D eigenvalue weighted by atomic mass is 9.97. The SMILES string of the molecule is CC1CCN(C(CNC(=O)c2ccccc2Cl)c2cccs2)CC1. The molecule has 128 valence electrons. The predicted molar refractivity (Wildman–Crippen MR) is 101 cm³/mol. The number of piperidine rings is 1. The van der Waals surface area contributed by atoms with Crippen LogP contribution in [0.5, 0.6) is 0 Å². The second-order valence-electron chi connectivity index (χ2n) is 6.44. The number of hydrogen-bond acceptors (Lipinski definition) is 3. The van der Waals surface area contributed by atoms with Crippen molar-refractivity contribution in [3.63, 3.8) is 0 Å². The zero-order valence-corrected chi connectivity index (χ0v) is 15.4. The van der Waals surface area contributed by atoms with Gasteiger partial charge in [-0.3, -0.25) is 9.69 Å². The van der Waals surface area contributed by atoms with Crippen molar-refractivity contribution in [3.8, 4) is 0 Å². The molecule has 3 rings (SSSR count). The summed E-state index contributed by atoms with van der Waals surface area (Å²) >= 11 is 7.89. The van der Waals surface area contributed by atoms with E-state index < -0.39 is 0 Å². The molecule has 1 atom stereocenters. The average molecular weight is 363 g/mol. The zero-order chi connectivity index (χ0) is 16.9. The lowest BCUT2D eigenvalue weighted by Crippen LogP contribution is -2.41. The molecule has 5 heteroatoms. The Hall–Kier alpha value is -1.36. The van der Waals surface area contributed by atoms with Gasteiger partial charge in [0.15, 0.2) is 0 Å². The fourth-order valence-electron chi connectivity index (χ4n) is 3.16. The molecule has 1 aromatic carbocycles. The Bertz CT molecular complexity index is 666. The first kappa shape index (κ1) is 17.5. The van der Waals surface area contributed by atoms with Crippen LogP contribution in [-0.2, 0) is 0 Å². The van der Waals surface area contributed by atoms with Crippen LogP contribution in [0.15, 0.2) is 41.8 Å². The van der Waals surface area contributed by atoms with E-state index in [0.29, 0.717) is 17.1 Å². The van der Waals surface area contributed by atoms with Crippen molar-refractivity contribution in [2.45, 2.75) is 25.8 Å². The van der Waals surface area contributed by atoms with Crippen molar-refractivity contribution in [1.29, 1.82) is 0 Å². The van der Waals surface area contributed by atoms with Crippen molar-refractivity contribution >= 4 is 28.8 Å². The number of halogens is 1. The van der Waals surface area contributed by atoms with Gasteiger partial charge in [-0.25, -0.2) is 0 Å². The number of hydrogen-bond donors (Lipinski definition) is 1. The van der Waals surface area contributed by atoms with Gasteiger partial charge in [0.1, 0.15) is 0 Å². The third-order valence-electron chi connectivity index (χ3n) is 4.71. The zero-order valence-electron chi connectivity index (χ0n) is 13.9. The number of benzene rings is 1. The summed E-state index contributed by atoms with van der Waals surface area (Å²) in [6.45, 7) is 5.10. The molecule has 0 spiro atoms. The second kappa shape index (κ2) is 8.15. The van der Waals surface area contributed by atoms with Gasteiger partial charge in [-0.1, -0.05) is 36.7 Å². The van der Waals surface area contributed by atoms with Crippen molar-refractivity contribution in [2.75, 3.05) is 19.6 Å². The third kappa shape index (κ3) is 4.18. The van der Waals surface area contributed by atoms with Crippen molar-refractivity contribution in [2.24, 2.45) is 5.92 Å². The standard InChI is InChI=1S/C19H23ClN2OS/c1-14-8-10-22(11-9-14)17(18-7-4-12-24-18)13-21-19(23)15-5-2-3-6-16(15)20/h2-7,12,14,17H,8-11,13H2,1H3,(H,21,23). The fraction of sp³-hybridized carbons (Fsp3) is 0.421. The number of nitrogens with one attached hydrogen (secondary N) is 1. The summed E-state index contributed by atoms with van der Waals surface area (Å²) in [5.41, 5.74) is 0.538. The number of carbonyl (C=O) groups is 1. The first-order valence-corrected chi connectivity index (χ1v) is 9.71. The van der Waals surface area contributed by atoms with E-state index in [-0.39, 0.29) is 11.9 Å².